The van der Waals surface area contributed by atoms with E-state index in [1.807, 2.05) is 18.2 Å². The molecule has 0 bridgehead atoms. The van der Waals surface area contributed by atoms with Crippen LogP contribution in [0.4, 0.5) is 15.9 Å². The van der Waals surface area contributed by atoms with E-state index in [9.17, 15) is 10.1 Å². The summed E-state index contributed by atoms with van der Waals surface area (Å²) in [6, 6.07) is 14.4. The van der Waals surface area contributed by atoms with E-state index >= 15 is 4.39 Å². The molecule has 0 spiro atoms. The molecule has 11 nitrogen and oxygen atoms in total. The number of carbonyl (C=O) groups is 1. The van der Waals surface area contributed by atoms with Gasteiger partial charge in [0.05, 0.1) is 35.8 Å². The second-order valence-electron chi connectivity index (χ2n) is 13.0. The number of imidazole rings is 1. The largest absolute Gasteiger partial charge is 0.462 e. The van der Waals surface area contributed by atoms with Crippen LogP contribution in [0.1, 0.15) is 36.3 Å². The Kier molecular flexibility index (Phi) is 9.38. The fourth-order valence-electron chi connectivity index (χ4n) is 7.24. The Morgan fingerprint density at radius 1 is 1.10 bits per heavy atom. The molecule has 2 saturated heterocycles. The van der Waals surface area contributed by atoms with Crippen molar-refractivity contribution >= 4 is 45.9 Å². The summed E-state index contributed by atoms with van der Waals surface area (Å²) in [5.74, 6) is -0.576. The van der Waals surface area contributed by atoms with Crippen LogP contribution in [-0.4, -0.2) is 93.7 Å². The second-order valence-corrected chi connectivity index (χ2v) is 13.4. The Labute approximate surface area is 290 Å². The molecule has 7 rings (SSSR count). The highest BCUT2D eigenvalue weighted by Crippen LogP contribution is 2.37. The van der Waals surface area contributed by atoms with Gasteiger partial charge in [-0.1, -0.05) is 35.9 Å². The van der Waals surface area contributed by atoms with Crippen LogP contribution in [0.2, 0.25) is 5.02 Å². The maximum absolute atomic E-state index is 15.2. The number of halogens is 2. The number of ether oxygens (including phenoxy) is 1. The molecule has 0 saturated carbocycles. The lowest BCUT2D eigenvalue weighted by molar-refractivity contribution is -0.131. The molecule has 1 amide bonds. The number of likely N-dealkylation sites (tertiary alicyclic amines) is 1. The number of nitriles is 1. The number of anilines is 2. The minimum Gasteiger partial charge on any atom is -0.462 e. The maximum atomic E-state index is 15.2. The van der Waals surface area contributed by atoms with E-state index in [4.69, 9.17) is 26.3 Å². The zero-order valence-corrected chi connectivity index (χ0v) is 28.5. The molecule has 2 atom stereocenters. The van der Waals surface area contributed by atoms with Crippen molar-refractivity contribution in [1.29, 1.82) is 5.26 Å². The first-order valence-electron chi connectivity index (χ1n) is 16.7. The number of piperazine rings is 1. The lowest BCUT2D eigenvalue weighted by Gasteiger charge is -2.42. The maximum Gasteiger partial charge on any atom is 0.318 e. The van der Waals surface area contributed by atoms with E-state index in [0.29, 0.717) is 55.6 Å². The Bertz CT molecular complexity index is 1940. The van der Waals surface area contributed by atoms with Gasteiger partial charge in [0.25, 0.3) is 5.91 Å². The van der Waals surface area contributed by atoms with Crippen molar-refractivity contribution in [3.63, 3.8) is 0 Å². The summed E-state index contributed by atoms with van der Waals surface area (Å²) in [6.45, 7) is 3.76. The number of hydrogen-bond donors (Lipinski definition) is 0. The van der Waals surface area contributed by atoms with E-state index in [2.05, 4.69) is 51.0 Å². The predicted molar refractivity (Wildman–Crippen MR) is 187 cm³/mol. The zero-order chi connectivity index (χ0) is 34.1. The summed E-state index contributed by atoms with van der Waals surface area (Å²) in [7, 11) is 3.84. The molecule has 13 heteroatoms. The summed E-state index contributed by atoms with van der Waals surface area (Å²) >= 11 is 6.72. The van der Waals surface area contributed by atoms with Crippen molar-refractivity contribution in [1.82, 2.24) is 29.3 Å². The number of carbonyl (C=O) groups excluding carboxylic acids is 1. The van der Waals surface area contributed by atoms with Gasteiger partial charge in [-0.15, -0.1) is 0 Å². The predicted octanol–water partition coefficient (Wildman–Crippen LogP) is 4.99. The van der Waals surface area contributed by atoms with Gasteiger partial charge in [-0.3, -0.25) is 4.79 Å². The van der Waals surface area contributed by atoms with Crippen molar-refractivity contribution in [2.75, 3.05) is 56.2 Å². The fourth-order valence-corrected chi connectivity index (χ4v) is 7.52. The van der Waals surface area contributed by atoms with Gasteiger partial charge >= 0.3 is 6.01 Å². The van der Waals surface area contributed by atoms with Gasteiger partial charge in [-0.05, 0) is 50.4 Å². The van der Waals surface area contributed by atoms with Crippen molar-refractivity contribution in [2.24, 2.45) is 7.05 Å². The Hall–Kier alpha value is -4.73. The summed E-state index contributed by atoms with van der Waals surface area (Å²) in [5.41, 5.74) is 2.93. The van der Waals surface area contributed by atoms with Crippen LogP contribution in [0, 0.1) is 11.3 Å². The normalized spacial score (nSPS) is 20.1. The van der Waals surface area contributed by atoms with Crippen molar-refractivity contribution in [2.45, 2.75) is 44.3 Å². The molecule has 2 aromatic heterocycles. The molecule has 0 N–H and O–H groups in total. The average Bonchev–Trinajstić information content (AvgIpc) is 3.72. The number of fused-ring (bicyclic) bond motifs is 2. The van der Waals surface area contributed by atoms with E-state index in [-0.39, 0.29) is 13.0 Å². The van der Waals surface area contributed by atoms with Crippen molar-refractivity contribution in [3.8, 4) is 12.1 Å². The van der Waals surface area contributed by atoms with Gasteiger partial charge in [-0.25, -0.2) is 9.37 Å². The summed E-state index contributed by atoms with van der Waals surface area (Å²) in [4.78, 5) is 35.5. The van der Waals surface area contributed by atoms with Crippen LogP contribution in [0.5, 0.6) is 6.01 Å². The number of nitrogens with zero attached hydrogens (tertiary/aromatic N) is 9. The van der Waals surface area contributed by atoms with Crippen LogP contribution in [0.25, 0.3) is 16.8 Å². The van der Waals surface area contributed by atoms with Gasteiger partial charge in [0.15, 0.2) is 5.83 Å². The molecule has 0 aliphatic carbocycles. The molecular formula is C36H39ClFN9O2. The van der Waals surface area contributed by atoms with E-state index in [0.717, 1.165) is 65.5 Å². The number of amides is 1. The molecule has 3 aliphatic rings. The van der Waals surface area contributed by atoms with Crippen molar-refractivity contribution < 1.29 is 13.9 Å². The Balaban J connectivity index is 1.19. The molecule has 0 radical (unpaired) electrons. The summed E-state index contributed by atoms with van der Waals surface area (Å²) in [5, 5.41) is 12.5. The number of hydrogen-bond acceptors (Lipinski definition) is 9. The highest BCUT2D eigenvalue weighted by atomic mass is 35.5. The summed E-state index contributed by atoms with van der Waals surface area (Å²) < 4.78 is 23.2. The quantitative estimate of drug-likeness (QED) is 0.238. The number of likely N-dealkylation sites (N-methyl/N-ethyl adjacent to an activating group) is 1. The molecule has 2 aromatic carbocycles. The number of aromatic nitrogens is 4. The Morgan fingerprint density at radius 3 is 2.69 bits per heavy atom. The average molecular weight is 684 g/mol. The standard InChI is InChI=1S/C36H39ClFN9O2/c1-43-15-5-8-26(43)23-49-36-41-30-22-45(31-10-4-7-24-6-3-9-28(37)33(24)31)16-12-27(30)34(42-36)46-18-19-47(25(21-46)11-13-39)35(48)29(38)20-32-40-14-17-44(32)2/h3-4,6-7,9-10,14,17,20,25-26H,5,8,11-12,15-16,18-19,21-23H2,1-2H3/b29-20-. The fraction of sp³-hybridized carbons (Fsp3) is 0.417. The van der Waals surface area contributed by atoms with E-state index in [1.165, 1.54) is 4.90 Å². The van der Waals surface area contributed by atoms with Gasteiger partial charge in [-0.2, -0.15) is 15.2 Å². The third-order valence-corrected chi connectivity index (χ3v) is 10.3. The van der Waals surface area contributed by atoms with Gasteiger partial charge in [0.1, 0.15) is 18.2 Å². The van der Waals surface area contributed by atoms with Crippen LogP contribution < -0.4 is 14.5 Å². The van der Waals surface area contributed by atoms with Crippen LogP contribution in [0.15, 0.2) is 54.6 Å². The lowest BCUT2D eigenvalue weighted by Crippen LogP contribution is -2.56. The first kappa shape index (κ1) is 32.8. The zero-order valence-electron chi connectivity index (χ0n) is 27.7. The molecule has 2 unspecified atom stereocenters. The van der Waals surface area contributed by atoms with E-state index in [1.54, 1.807) is 24.0 Å². The molecule has 2 fully saturated rings. The first-order valence-corrected chi connectivity index (χ1v) is 17.1. The molecular weight excluding hydrogens is 645 g/mol. The number of aryl methyl sites for hydroxylation is 1. The lowest BCUT2D eigenvalue weighted by atomic mass is 10.0. The van der Waals surface area contributed by atoms with Crippen molar-refractivity contribution in [3.05, 3.63) is 76.7 Å². The summed E-state index contributed by atoms with van der Waals surface area (Å²) in [6.07, 6.45) is 7.29. The van der Waals surface area contributed by atoms with E-state index < -0.39 is 17.8 Å². The second kappa shape index (κ2) is 14.0. The smallest absolute Gasteiger partial charge is 0.318 e. The number of rotatable bonds is 8. The first-order chi connectivity index (χ1) is 23.8. The van der Waals surface area contributed by atoms with Gasteiger partial charge in [0, 0.05) is 74.4 Å². The molecule has 49 heavy (non-hydrogen) atoms. The third-order valence-electron chi connectivity index (χ3n) is 9.96. The van der Waals surface area contributed by atoms with Crippen LogP contribution in [0.3, 0.4) is 0 Å². The minimum absolute atomic E-state index is 0.0538. The van der Waals surface area contributed by atoms with Gasteiger partial charge in [0.2, 0.25) is 0 Å². The van der Waals surface area contributed by atoms with Gasteiger partial charge < -0.3 is 28.9 Å². The minimum atomic E-state index is -0.911. The SMILES string of the molecule is CN1CCCC1COc1nc2c(c(N3CCN(C(=O)/C(F)=C/c4nccn4C)C(CC#N)C3)n1)CCN(c1cccc3cccc(Cl)c13)C2. The highest BCUT2D eigenvalue weighted by molar-refractivity contribution is 6.36. The van der Waals surface area contributed by atoms with Crippen LogP contribution in [-0.2, 0) is 24.8 Å². The molecule has 5 heterocycles. The highest BCUT2D eigenvalue weighted by Gasteiger charge is 2.35. The Morgan fingerprint density at radius 2 is 1.94 bits per heavy atom. The van der Waals surface area contributed by atoms with Crippen LogP contribution >= 0.6 is 11.6 Å². The molecule has 254 valence electrons. The number of benzene rings is 2. The topological polar surface area (TPSA) is 107 Å². The third kappa shape index (κ3) is 6.65. The monoisotopic (exact) mass is 683 g/mol. The molecule has 3 aliphatic heterocycles. The molecule has 4 aromatic rings.